The van der Waals surface area contributed by atoms with Crippen LogP contribution < -0.4 is 5.32 Å². The Morgan fingerprint density at radius 2 is 2.23 bits per heavy atom. The van der Waals surface area contributed by atoms with E-state index in [-0.39, 0.29) is 12.3 Å². The SMILES string of the molecule is COCc1cc([N+](=O)[O-])ccc1NCC(C)(O)c1cccs1. The van der Waals surface area contributed by atoms with Crippen molar-refractivity contribution >= 4 is 22.7 Å². The van der Waals surface area contributed by atoms with Crippen LogP contribution in [0.3, 0.4) is 0 Å². The van der Waals surface area contributed by atoms with Crippen molar-refractivity contribution in [1.82, 2.24) is 0 Å². The average molecular weight is 322 g/mol. The van der Waals surface area contributed by atoms with Crippen LogP contribution in [0.25, 0.3) is 0 Å². The predicted octanol–water partition coefficient (Wildman–Crippen LogP) is 3.12. The molecule has 1 aromatic carbocycles. The monoisotopic (exact) mass is 322 g/mol. The number of nitrogens with one attached hydrogen (secondary N) is 1. The zero-order valence-corrected chi connectivity index (χ0v) is 13.2. The van der Waals surface area contributed by atoms with Gasteiger partial charge in [-0.15, -0.1) is 11.3 Å². The van der Waals surface area contributed by atoms with Crippen LogP contribution in [0, 0.1) is 10.1 Å². The molecule has 118 valence electrons. The van der Waals surface area contributed by atoms with Gasteiger partial charge in [-0.1, -0.05) is 6.07 Å². The standard InChI is InChI=1S/C15H18N2O4S/c1-15(18,14-4-3-7-22-14)10-16-13-6-5-12(17(19)20)8-11(13)9-21-2/h3-8,16,18H,9-10H2,1-2H3. The largest absolute Gasteiger partial charge is 0.383 e. The topological polar surface area (TPSA) is 84.6 Å². The minimum atomic E-state index is -1.01. The molecule has 2 aromatic rings. The number of nitro groups is 1. The summed E-state index contributed by atoms with van der Waals surface area (Å²) in [4.78, 5) is 11.3. The first kappa shape index (κ1) is 16.4. The molecule has 0 aliphatic carbocycles. The van der Waals surface area contributed by atoms with Gasteiger partial charge in [0.05, 0.1) is 11.5 Å². The van der Waals surface area contributed by atoms with Gasteiger partial charge < -0.3 is 15.2 Å². The van der Waals surface area contributed by atoms with Gasteiger partial charge in [-0.25, -0.2) is 0 Å². The van der Waals surface area contributed by atoms with E-state index in [9.17, 15) is 15.2 Å². The highest BCUT2D eigenvalue weighted by atomic mass is 32.1. The van der Waals surface area contributed by atoms with Gasteiger partial charge in [0, 0.05) is 41.9 Å². The van der Waals surface area contributed by atoms with Crippen LogP contribution in [0.5, 0.6) is 0 Å². The second kappa shape index (κ2) is 6.87. The van der Waals surface area contributed by atoms with Gasteiger partial charge in [-0.3, -0.25) is 10.1 Å². The van der Waals surface area contributed by atoms with E-state index in [1.54, 1.807) is 13.0 Å². The van der Waals surface area contributed by atoms with E-state index in [1.807, 2.05) is 17.5 Å². The number of anilines is 1. The first-order valence-electron chi connectivity index (χ1n) is 6.70. The minimum absolute atomic E-state index is 0.0163. The highest BCUT2D eigenvalue weighted by Crippen LogP contribution is 2.28. The molecule has 22 heavy (non-hydrogen) atoms. The van der Waals surface area contributed by atoms with Gasteiger partial charge >= 0.3 is 0 Å². The lowest BCUT2D eigenvalue weighted by atomic mass is 10.0. The Hall–Kier alpha value is -1.96. The molecule has 1 aromatic heterocycles. The number of ether oxygens (including phenoxy) is 1. The molecule has 1 unspecified atom stereocenters. The van der Waals surface area contributed by atoms with Crippen LogP contribution in [-0.4, -0.2) is 23.7 Å². The van der Waals surface area contributed by atoms with E-state index in [2.05, 4.69) is 5.32 Å². The van der Waals surface area contributed by atoms with E-state index in [0.717, 1.165) is 4.88 Å². The van der Waals surface area contributed by atoms with E-state index in [1.165, 1.54) is 30.6 Å². The minimum Gasteiger partial charge on any atom is -0.383 e. The Bertz CT molecular complexity index is 641. The summed E-state index contributed by atoms with van der Waals surface area (Å²) >= 11 is 1.48. The maximum Gasteiger partial charge on any atom is 0.269 e. The maximum atomic E-state index is 10.8. The third-order valence-corrected chi connectivity index (χ3v) is 4.40. The summed E-state index contributed by atoms with van der Waals surface area (Å²) < 4.78 is 5.08. The quantitative estimate of drug-likeness (QED) is 0.604. The average Bonchev–Trinajstić information content (AvgIpc) is 3.01. The maximum absolute atomic E-state index is 10.8. The van der Waals surface area contributed by atoms with Gasteiger partial charge in [0.15, 0.2) is 0 Å². The van der Waals surface area contributed by atoms with Crippen molar-refractivity contribution in [2.75, 3.05) is 19.0 Å². The Balaban J connectivity index is 2.16. The molecular formula is C15H18N2O4S. The first-order valence-corrected chi connectivity index (χ1v) is 7.58. The van der Waals surface area contributed by atoms with Crippen molar-refractivity contribution in [3.05, 3.63) is 56.3 Å². The molecule has 0 spiro atoms. The molecule has 7 heteroatoms. The van der Waals surface area contributed by atoms with Crippen LogP contribution in [0.15, 0.2) is 35.7 Å². The van der Waals surface area contributed by atoms with Crippen molar-refractivity contribution in [3.8, 4) is 0 Å². The lowest BCUT2D eigenvalue weighted by molar-refractivity contribution is -0.384. The molecule has 0 bridgehead atoms. The summed E-state index contributed by atoms with van der Waals surface area (Å²) in [6.07, 6.45) is 0. The fourth-order valence-electron chi connectivity index (χ4n) is 2.08. The second-order valence-corrected chi connectivity index (χ2v) is 6.08. The normalized spacial score (nSPS) is 13.6. The summed E-state index contributed by atoms with van der Waals surface area (Å²) in [6.45, 7) is 2.28. The Morgan fingerprint density at radius 3 is 2.82 bits per heavy atom. The van der Waals surface area contributed by atoms with Gasteiger partial charge in [-0.2, -0.15) is 0 Å². The number of non-ortho nitro benzene ring substituents is 1. The summed E-state index contributed by atoms with van der Waals surface area (Å²) in [5, 5.41) is 26.4. The molecule has 2 N–H and O–H groups in total. The molecule has 0 fully saturated rings. The van der Waals surface area contributed by atoms with Crippen LogP contribution in [-0.2, 0) is 16.9 Å². The number of hydrogen-bond acceptors (Lipinski definition) is 6. The van der Waals surface area contributed by atoms with Crippen molar-refractivity contribution in [3.63, 3.8) is 0 Å². The molecule has 0 aliphatic heterocycles. The van der Waals surface area contributed by atoms with Crippen molar-refractivity contribution in [2.45, 2.75) is 19.1 Å². The lowest BCUT2D eigenvalue weighted by Crippen LogP contribution is -2.30. The summed E-state index contributed by atoms with van der Waals surface area (Å²) in [5.41, 5.74) is 0.394. The summed E-state index contributed by atoms with van der Waals surface area (Å²) in [5.74, 6) is 0. The molecule has 0 saturated heterocycles. The van der Waals surface area contributed by atoms with E-state index < -0.39 is 10.5 Å². The fraction of sp³-hybridized carbons (Fsp3) is 0.333. The molecule has 1 heterocycles. The summed E-state index contributed by atoms with van der Waals surface area (Å²) in [6, 6.07) is 8.30. The lowest BCUT2D eigenvalue weighted by Gasteiger charge is -2.23. The molecular weight excluding hydrogens is 304 g/mol. The van der Waals surface area contributed by atoms with Gasteiger partial charge in [0.2, 0.25) is 0 Å². The Labute approximate surface area is 132 Å². The van der Waals surface area contributed by atoms with Crippen molar-refractivity contribution in [1.29, 1.82) is 0 Å². The highest BCUT2D eigenvalue weighted by Gasteiger charge is 2.24. The Kier molecular flexibility index (Phi) is 5.12. The van der Waals surface area contributed by atoms with Crippen LogP contribution in [0.4, 0.5) is 11.4 Å². The van der Waals surface area contributed by atoms with Crippen LogP contribution in [0.2, 0.25) is 0 Å². The molecule has 0 saturated carbocycles. The summed E-state index contributed by atoms with van der Waals surface area (Å²) in [7, 11) is 1.53. The number of benzene rings is 1. The van der Waals surface area contributed by atoms with E-state index in [0.29, 0.717) is 17.8 Å². The van der Waals surface area contributed by atoms with E-state index >= 15 is 0 Å². The first-order chi connectivity index (χ1) is 10.4. The molecule has 0 aliphatic rings. The molecule has 0 amide bonds. The van der Waals surface area contributed by atoms with Crippen LogP contribution in [0.1, 0.15) is 17.4 Å². The number of nitrogens with zero attached hydrogens (tertiary/aromatic N) is 1. The number of thiophene rings is 1. The zero-order valence-electron chi connectivity index (χ0n) is 12.4. The fourth-order valence-corrected chi connectivity index (χ4v) is 2.87. The third kappa shape index (κ3) is 3.82. The van der Waals surface area contributed by atoms with Gasteiger partial charge in [0.1, 0.15) is 5.60 Å². The molecule has 1 atom stereocenters. The molecule has 2 rings (SSSR count). The number of methoxy groups -OCH3 is 1. The second-order valence-electron chi connectivity index (χ2n) is 5.14. The zero-order chi connectivity index (χ0) is 16.2. The molecule has 6 nitrogen and oxygen atoms in total. The van der Waals surface area contributed by atoms with Crippen LogP contribution >= 0.6 is 11.3 Å². The number of rotatable bonds is 7. The van der Waals surface area contributed by atoms with Gasteiger partial charge in [-0.05, 0) is 24.4 Å². The van der Waals surface area contributed by atoms with E-state index in [4.69, 9.17) is 4.74 Å². The third-order valence-electron chi connectivity index (χ3n) is 3.27. The number of nitro benzene ring substituents is 1. The highest BCUT2D eigenvalue weighted by molar-refractivity contribution is 7.10. The predicted molar refractivity (Wildman–Crippen MR) is 86.2 cm³/mol. The number of aliphatic hydroxyl groups is 1. The smallest absolute Gasteiger partial charge is 0.269 e. The Morgan fingerprint density at radius 1 is 1.45 bits per heavy atom. The number of hydrogen-bond donors (Lipinski definition) is 2. The van der Waals surface area contributed by atoms with Crippen molar-refractivity contribution in [2.24, 2.45) is 0 Å². The van der Waals surface area contributed by atoms with Gasteiger partial charge in [0.25, 0.3) is 5.69 Å². The van der Waals surface area contributed by atoms with Crippen molar-refractivity contribution < 1.29 is 14.8 Å². The molecule has 0 radical (unpaired) electrons.